The summed E-state index contributed by atoms with van der Waals surface area (Å²) in [5.41, 5.74) is 0. The van der Waals surface area contributed by atoms with E-state index < -0.39 is 0 Å². The van der Waals surface area contributed by atoms with E-state index in [1.54, 1.807) is 0 Å². The lowest BCUT2D eigenvalue weighted by molar-refractivity contribution is -0.696. The minimum Gasteiger partial charge on any atom is -0.237 e. The Morgan fingerprint density at radius 2 is 1.69 bits per heavy atom. The molecule has 0 aliphatic carbocycles. The quantitative estimate of drug-likeness (QED) is 0.447. The number of aryl methyl sites for hydroxylation is 2. The summed E-state index contributed by atoms with van der Waals surface area (Å²) in [4.78, 5) is 0. The fourth-order valence-corrected chi connectivity index (χ4v) is 1.97. The zero-order valence-corrected chi connectivity index (χ0v) is 11.0. The highest BCUT2D eigenvalue weighted by Gasteiger charge is 2.02. The molecule has 1 rings (SSSR count). The maximum absolute atomic E-state index is 2.32. The molecule has 0 aromatic carbocycles. The van der Waals surface area contributed by atoms with Gasteiger partial charge in [-0.15, -0.1) is 0 Å². The summed E-state index contributed by atoms with van der Waals surface area (Å²) in [7, 11) is 0. The third-order valence-corrected chi connectivity index (χ3v) is 3.04. The molecule has 0 spiro atoms. The largest absolute Gasteiger partial charge is 0.243 e. The van der Waals surface area contributed by atoms with Crippen molar-refractivity contribution in [3.05, 3.63) is 18.7 Å². The van der Waals surface area contributed by atoms with E-state index in [0.717, 1.165) is 0 Å². The Bertz CT molecular complexity index is 265. The molecule has 0 atom stereocenters. The van der Waals surface area contributed by atoms with E-state index in [4.69, 9.17) is 0 Å². The molecule has 16 heavy (non-hydrogen) atoms. The van der Waals surface area contributed by atoms with Crippen molar-refractivity contribution in [1.29, 1.82) is 0 Å². The minimum atomic E-state index is 1.18. The molecule has 0 amide bonds. The minimum absolute atomic E-state index is 1.18. The van der Waals surface area contributed by atoms with Crippen LogP contribution in [0.5, 0.6) is 0 Å². The highest BCUT2D eigenvalue weighted by atomic mass is 15.1. The molecule has 92 valence electrons. The number of hydrogen-bond donors (Lipinski definition) is 0. The predicted molar refractivity (Wildman–Crippen MR) is 68.3 cm³/mol. The Balaban J connectivity index is 2.17. The lowest BCUT2D eigenvalue weighted by Crippen LogP contribution is -2.30. The Kier molecular flexibility index (Phi) is 6.95. The van der Waals surface area contributed by atoms with Crippen molar-refractivity contribution in [2.24, 2.45) is 0 Å². The van der Waals surface area contributed by atoms with Gasteiger partial charge < -0.3 is 0 Å². The molecule has 1 heterocycles. The van der Waals surface area contributed by atoms with Crippen molar-refractivity contribution < 1.29 is 4.57 Å². The van der Waals surface area contributed by atoms with Crippen molar-refractivity contribution in [2.45, 2.75) is 71.9 Å². The molecule has 0 radical (unpaired) electrons. The summed E-state index contributed by atoms with van der Waals surface area (Å²) >= 11 is 0. The van der Waals surface area contributed by atoms with Crippen LogP contribution in [0.4, 0.5) is 0 Å². The second-order valence-electron chi connectivity index (χ2n) is 4.66. The second kappa shape index (κ2) is 8.37. The molecule has 0 N–H and O–H groups in total. The van der Waals surface area contributed by atoms with Crippen molar-refractivity contribution >= 4 is 0 Å². The molecule has 0 aliphatic heterocycles. The van der Waals surface area contributed by atoms with Gasteiger partial charge in [0.15, 0.2) is 0 Å². The smallest absolute Gasteiger partial charge is 0.237 e. The van der Waals surface area contributed by atoms with E-state index in [2.05, 4.69) is 41.7 Å². The van der Waals surface area contributed by atoms with E-state index in [0.29, 0.717) is 0 Å². The van der Waals surface area contributed by atoms with Crippen LogP contribution in [0.3, 0.4) is 0 Å². The van der Waals surface area contributed by atoms with Crippen molar-refractivity contribution in [3.63, 3.8) is 0 Å². The van der Waals surface area contributed by atoms with Gasteiger partial charge in [-0.2, -0.15) is 0 Å². The molecular formula is C14H27N2+. The number of imidazole rings is 1. The van der Waals surface area contributed by atoms with Gasteiger partial charge in [0.1, 0.15) is 12.4 Å². The molecule has 0 saturated heterocycles. The number of unbranched alkanes of at least 4 members (excludes halogenated alkanes) is 5. The summed E-state index contributed by atoms with van der Waals surface area (Å²) in [6.07, 6.45) is 16.0. The molecule has 0 fully saturated rings. The standard InChI is InChI=1S/C14H27N2/c1-3-5-7-9-11-16-13-12-15(14-16)10-8-6-4-2/h12-14H,3-11H2,1-2H3/q+1. The summed E-state index contributed by atoms with van der Waals surface area (Å²) in [5, 5.41) is 0. The summed E-state index contributed by atoms with van der Waals surface area (Å²) in [6, 6.07) is 0. The van der Waals surface area contributed by atoms with Crippen LogP contribution in [0.1, 0.15) is 58.8 Å². The first kappa shape index (κ1) is 13.3. The Morgan fingerprint density at radius 1 is 0.938 bits per heavy atom. The lowest BCUT2D eigenvalue weighted by Gasteiger charge is -1.97. The zero-order valence-electron chi connectivity index (χ0n) is 11.0. The SMILES string of the molecule is CCCCCCn1cc[n+](CCCCC)c1. The highest BCUT2D eigenvalue weighted by molar-refractivity contribution is 4.66. The molecule has 1 aromatic rings. The van der Waals surface area contributed by atoms with E-state index in [9.17, 15) is 0 Å². The first-order chi connectivity index (χ1) is 7.86. The number of hydrogen-bond acceptors (Lipinski definition) is 0. The Hall–Kier alpha value is -0.790. The van der Waals surface area contributed by atoms with Gasteiger partial charge in [-0.25, -0.2) is 9.13 Å². The fourth-order valence-electron chi connectivity index (χ4n) is 1.97. The van der Waals surface area contributed by atoms with Gasteiger partial charge in [0, 0.05) is 0 Å². The number of rotatable bonds is 9. The molecular weight excluding hydrogens is 196 g/mol. The van der Waals surface area contributed by atoms with E-state index in [1.807, 2.05) is 0 Å². The summed E-state index contributed by atoms with van der Waals surface area (Å²) in [6.45, 7) is 6.87. The van der Waals surface area contributed by atoms with Crippen LogP contribution < -0.4 is 4.57 Å². The van der Waals surface area contributed by atoms with Gasteiger partial charge in [0.2, 0.25) is 6.33 Å². The van der Waals surface area contributed by atoms with Crippen molar-refractivity contribution in [1.82, 2.24) is 4.57 Å². The number of nitrogens with zero attached hydrogens (tertiary/aromatic N) is 2. The van der Waals surface area contributed by atoms with Gasteiger partial charge in [-0.05, 0) is 25.7 Å². The van der Waals surface area contributed by atoms with Crippen LogP contribution >= 0.6 is 0 Å². The summed E-state index contributed by atoms with van der Waals surface area (Å²) in [5.74, 6) is 0. The Labute approximate surface area is 100 Å². The third-order valence-electron chi connectivity index (χ3n) is 3.04. The normalized spacial score (nSPS) is 10.9. The molecule has 2 heteroatoms. The monoisotopic (exact) mass is 223 g/mol. The van der Waals surface area contributed by atoms with Gasteiger partial charge in [-0.1, -0.05) is 33.1 Å². The average Bonchev–Trinajstić information content (AvgIpc) is 2.73. The van der Waals surface area contributed by atoms with Crippen molar-refractivity contribution in [3.8, 4) is 0 Å². The van der Waals surface area contributed by atoms with E-state index in [-0.39, 0.29) is 0 Å². The predicted octanol–water partition coefficient (Wildman–Crippen LogP) is 3.55. The first-order valence-corrected chi connectivity index (χ1v) is 6.91. The van der Waals surface area contributed by atoms with Gasteiger partial charge in [-0.3, -0.25) is 0 Å². The van der Waals surface area contributed by atoms with Crippen LogP contribution in [0.25, 0.3) is 0 Å². The van der Waals surface area contributed by atoms with Gasteiger partial charge in [0.05, 0.1) is 13.1 Å². The first-order valence-electron chi connectivity index (χ1n) is 6.91. The van der Waals surface area contributed by atoms with Crippen LogP contribution in [-0.2, 0) is 13.1 Å². The zero-order chi connectivity index (χ0) is 11.6. The maximum atomic E-state index is 2.32. The molecule has 2 nitrogen and oxygen atoms in total. The van der Waals surface area contributed by atoms with Gasteiger partial charge in [0.25, 0.3) is 0 Å². The average molecular weight is 223 g/mol. The molecule has 0 unspecified atom stereocenters. The second-order valence-corrected chi connectivity index (χ2v) is 4.66. The van der Waals surface area contributed by atoms with Crippen molar-refractivity contribution in [2.75, 3.05) is 0 Å². The highest BCUT2D eigenvalue weighted by Crippen LogP contribution is 2.01. The number of aromatic nitrogens is 2. The van der Waals surface area contributed by atoms with E-state index >= 15 is 0 Å². The molecule has 1 aromatic heterocycles. The molecule has 0 aliphatic rings. The van der Waals surface area contributed by atoms with Crippen LogP contribution in [0.15, 0.2) is 18.7 Å². The third kappa shape index (κ3) is 5.34. The lowest BCUT2D eigenvalue weighted by atomic mass is 10.2. The topological polar surface area (TPSA) is 8.81 Å². The van der Waals surface area contributed by atoms with Crippen LogP contribution in [0, 0.1) is 0 Å². The van der Waals surface area contributed by atoms with Crippen LogP contribution in [0.2, 0.25) is 0 Å². The molecule has 0 bridgehead atoms. The molecule has 0 saturated carbocycles. The fraction of sp³-hybridized carbons (Fsp3) is 0.786. The van der Waals surface area contributed by atoms with E-state index in [1.165, 1.54) is 58.0 Å². The summed E-state index contributed by atoms with van der Waals surface area (Å²) < 4.78 is 4.64. The maximum Gasteiger partial charge on any atom is 0.243 e. The Morgan fingerprint density at radius 3 is 2.44 bits per heavy atom. The van der Waals surface area contributed by atoms with Gasteiger partial charge >= 0.3 is 0 Å². The van der Waals surface area contributed by atoms with Crippen LogP contribution in [-0.4, -0.2) is 4.57 Å².